The van der Waals surface area contributed by atoms with Crippen molar-refractivity contribution in [3.63, 3.8) is 0 Å². The highest BCUT2D eigenvalue weighted by molar-refractivity contribution is 6.19. The molecule has 0 saturated heterocycles. The lowest BCUT2D eigenvalue weighted by atomic mass is 9.64. The summed E-state index contributed by atoms with van der Waals surface area (Å²) >= 11 is 0. The fourth-order valence-corrected chi connectivity index (χ4v) is 4.46. The molecule has 3 aliphatic carbocycles. The molecule has 0 aromatic carbocycles. The van der Waals surface area contributed by atoms with E-state index >= 15 is 0 Å². The van der Waals surface area contributed by atoms with Crippen LogP contribution in [-0.2, 0) is 9.59 Å². The lowest BCUT2D eigenvalue weighted by molar-refractivity contribution is -0.130. The number of carbonyl (C=O) groups is 2. The monoisotopic (exact) mass is 312 g/mol. The summed E-state index contributed by atoms with van der Waals surface area (Å²) in [7, 11) is 0. The molecule has 3 heteroatoms. The van der Waals surface area contributed by atoms with Gasteiger partial charge >= 0.3 is 0 Å². The van der Waals surface area contributed by atoms with Crippen molar-refractivity contribution < 1.29 is 14.7 Å². The Morgan fingerprint density at radius 2 is 2.04 bits per heavy atom. The Morgan fingerprint density at radius 3 is 2.65 bits per heavy atom. The Bertz CT molecular complexity index is 702. The number of hydrogen-bond acceptors (Lipinski definition) is 3. The van der Waals surface area contributed by atoms with Crippen LogP contribution in [0.5, 0.6) is 0 Å². The number of allylic oxidation sites excluding steroid dienone is 4. The lowest BCUT2D eigenvalue weighted by Crippen LogP contribution is -2.37. The second-order valence-corrected chi connectivity index (χ2v) is 7.56. The summed E-state index contributed by atoms with van der Waals surface area (Å²) in [6.45, 7) is 13.6. The second kappa shape index (κ2) is 5.13. The Hall–Kier alpha value is -1.74. The van der Waals surface area contributed by atoms with Crippen molar-refractivity contribution >= 4 is 11.6 Å². The lowest BCUT2D eigenvalue weighted by Gasteiger charge is -2.39. The zero-order valence-electron chi connectivity index (χ0n) is 14.1. The minimum Gasteiger partial charge on any atom is -0.382 e. The first-order valence-electron chi connectivity index (χ1n) is 8.21. The standard InChI is InChI=1S/C20H24O3/c1-10(2)13-7-6-11(3)16-14(13)8-12(4)18(21)15-9-20(5,23)19(22)17(15)16/h8,13-14,16,23H,1,3,6-7,9H2,2,4-5H3/t13-,14-,16?,20?/m1/s1. The van der Waals surface area contributed by atoms with Crippen molar-refractivity contribution in [2.24, 2.45) is 17.8 Å². The van der Waals surface area contributed by atoms with E-state index in [-0.39, 0.29) is 35.7 Å². The van der Waals surface area contributed by atoms with Crippen LogP contribution < -0.4 is 0 Å². The summed E-state index contributed by atoms with van der Waals surface area (Å²) < 4.78 is 0. The van der Waals surface area contributed by atoms with Gasteiger partial charge in [-0.25, -0.2) is 0 Å². The number of hydrogen-bond donors (Lipinski definition) is 1. The van der Waals surface area contributed by atoms with E-state index in [9.17, 15) is 14.7 Å². The largest absolute Gasteiger partial charge is 0.382 e. The highest BCUT2D eigenvalue weighted by Crippen LogP contribution is 2.51. The molecule has 1 fully saturated rings. The molecule has 1 saturated carbocycles. The van der Waals surface area contributed by atoms with Crippen molar-refractivity contribution in [1.82, 2.24) is 0 Å². The number of rotatable bonds is 1. The average molecular weight is 312 g/mol. The fourth-order valence-electron chi connectivity index (χ4n) is 4.46. The van der Waals surface area contributed by atoms with E-state index in [1.165, 1.54) is 6.92 Å². The first-order chi connectivity index (χ1) is 10.6. The van der Waals surface area contributed by atoms with Gasteiger partial charge in [0.1, 0.15) is 5.60 Å². The Morgan fingerprint density at radius 1 is 1.39 bits per heavy atom. The van der Waals surface area contributed by atoms with Crippen LogP contribution in [0.1, 0.15) is 40.0 Å². The van der Waals surface area contributed by atoms with Crippen LogP contribution in [0.4, 0.5) is 0 Å². The normalized spacial score (nSPS) is 37.3. The van der Waals surface area contributed by atoms with E-state index in [2.05, 4.69) is 13.2 Å². The first-order valence-corrected chi connectivity index (χ1v) is 8.21. The third-order valence-electron chi connectivity index (χ3n) is 5.66. The molecular formula is C20H24O3. The highest BCUT2D eigenvalue weighted by atomic mass is 16.3. The van der Waals surface area contributed by atoms with Gasteiger partial charge in [0.25, 0.3) is 0 Å². The van der Waals surface area contributed by atoms with E-state index in [0.29, 0.717) is 16.7 Å². The molecule has 0 radical (unpaired) electrons. The minimum atomic E-state index is -1.47. The predicted molar refractivity (Wildman–Crippen MR) is 89.7 cm³/mol. The van der Waals surface area contributed by atoms with Crippen LogP contribution >= 0.6 is 0 Å². The molecule has 122 valence electrons. The molecule has 1 N–H and O–H groups in total. The van der Waals surface area contributed by atoms with Crippen molar-refractivity contribution in [1.29, 1.82) is 0 Å². The molecule has 0 aromatic rings. The van der Waals surface area contributed by atoms with Crippen LogP contribution in [0.3, 0.4) is 0 Å². The third kappa shape index (κ3) is 2.29. The highest BCUT2D eigenvalue weighted by Gasteiger charge is 2.51. The maximum absolute atomic E-state index is 12.8. The summed E-state index contributed by atoms with van der Waals surface area (Å²) in [5, 5.41) is 10.4. The predicted octanol–water partition coefficient (Wildman–Crippen LogP) is 3.31. The smallest absolute Gasteiger partial charge is 0.191 e. The molecule has 3 aliphatic rings. The SMILES string of the molecule is C=C1CC[C@H](C(=C)C)[C@H]2C=C(C)C(=O)C3=C(C(=O)C(C)(O)C3)C12. The summed E-state index contributed by atoms with van der Waals surface area (Å²) in [6, 6.07) is 0. The van der Waals surface area contributed by atoms with Crippen molar-refractivity contribution in [2.75, 3.05) is 0 Å². The number of Topliss-reactive ketones (excluding diaryl/α,β-unsaturated/α-hetero) is 2. The van der Waals surface area contributed by atoms with Crippen molar-refractivity contribution in [3.8, 4) is 0 Å². The van der Waals surface area contributed by atoms with Crippen LogP contribution in [0.25, 0.3) is 0 Å². The molecule has 0 amide bonds. The molecule has 0 aromatic heterocycles. The molecule has 0 bridgehead atoms. The Kier molecular flexibility index (Phi) is 3.60. The van der Waals surface area contributed by atoms with E-state index < -0.39 is 5.60 Å². The maximum Gasteiger partial charge on any atom is 0.191 e. The fraction of sp³-hybridized carbons (Fsp3) is 0.500. The molecule has 3 rings (SSSR count). The Balaban J connectivity index is 2.21. The number of aliphatic hydroxyl groups is 1. The van der Waals surface area contributed by atoms with Crippen LogP contribution in [0.15, 0.2) is 47.1 Å². The van der Waals surface area contributed by atoms with Gasteiger partial charge in [0.15, 0.2) is 11.6 Å². The van der Waals surface area contributed by atoms with E-state index in [1.807, 2.05) is 13.0 Å². The van der Waals surface area contributed by atoms with Crippen molar-refractivity contribution in [2.45, 2.75) is 45.6 Å². The Labute approximate surface area is 137 Å². The number of fused-ring (bicyclic) bond motifs is 2. The quantitative estimate of drug-likeness (QED) is 0.756. The zero-order valence-corrected chi connectivity index (χ0v) is 14.1. The molecule has 3 nitrogen and oxygen atoms in total. The molecule has 0 heterocycles. The van der Waals surface area contributed by atoms with Gasteiger partial charge in [-0.05, 0) is 51.0 Å². The second-order valence-electron chi connectivity index (χ2n) is 7.56. The van der Waals surface area contributed by atoms with Crippen molar-refractivity contribution in [3.05, 3.63) is 47.1 Å². The van der Waals surface area contributed by atoms with E-state index in [0.717, 1.165) is 24.0 Å². The van der Waals surface area contributed by atoms with Gasteiger partial charge in [-0.2, -0.15) is 0 Å². The minimum absolute atomic E-state index is 0.0306. The summed E-state index contributed by atoms with van der Waals surface area (Å²) in [5.74, 6) is -0.318. The number of carbonyl (C=O) groups excluding carboxylic acids is 2. The zero-order chi connectivity index (χ0) is 17.1. The van der Waals surface area contributed by atoms with Gasteiger partial charge in [-0.15, -0.1) is 0 Å². The topological polar surface area (TPSA) is 54.4 Å². The molecular weight excluding hydrogens is 288 g/mol. The van der Waals surface area contributed by atoms with Crippen LogP contribution in [0.2, 0.25) is 0 Å². The van der Waals surface area contributed by atoms with Gasteiger partial charge in [0, 0.05) is 23.5 Å². The molecule has 23 heavy (non-hydrogen) atoms. The van der Waals surface area contributed by atoms with Gasteiger partial charge in [0.05, 0.1) is 0 Å². The van der Waals surface area contributed by atoms with Gasteiger partial charge in [0.2, 0.25) is 0 Å². The summed E-state index contributed by atoms with van der Waals surface area (Å²) in [5.41, 5.74) is 2.25. The molecule has 4 atom stereocenters. The van der Waals surface area contributed by atoms with E-state index in [4.69, 9.17) is 0 Å². The summed E-state index contributed by atoms with van der Waals surface area (Å²) in [6.07, 6.45) is 3.89. The van der Waals surface area contributed by atoms with Crippen LogP contribution in [-0.4, -0.2) is 22.3 Å². The van der Waals surface area contributed by atoms with Gasteiger partial charge < -0.3 is 5.11 Å². The van der Waals surface area contributed by atoms with Gasteiger partial charge in [-0.1, -0.05) is 30.4 Å². The molecule has 0 aliphatic heterocycles. The molecule has 2 unspecified atom stereocenters. The van der Waals surface area contributed by atoms with Crippen LogP contribution in [0, 0.1) is 17.8 Å². The average Bonchev–Trinajstić information content (AvgIpc) is 2.62. The third-order valence-corrected chi connectivity index (χ3v) is 5.66. The molecule has 0 spiro atoms. The van der Waals surface area contributed by atoms with Gasteiger partial charge in [-0.3, -0.25) is 9.59 Å². The summed E-state index contributed by atoms with van der Waals surface area (Å²) in [4.78, 5) is 25.5. The first kappa shape index (κ1) is 16.1. The maximum atomic E-state index is 12.8. The van der Waals surface area contributed by atoms with E-state index in [1.54, 1.807) is 6.92 Å². The number of ketones is 2.